The van der Waals surface area contributed by atoms with Crippen molar-refractivity contribution in [3.63, 3.8) is 0 Å². The summed E-state index contributed by atoms with van der Waals surface area (Å²) in [6.07, 6.45) is 0. The fraction of sp³-hybridized carbons (Fsp3) is 0.0667. The van der Waals surface area contributed by atoms with E-state index < -0.39 is 0 Å². The van der Waals surface area contributed by atoms with Crippen molar-refractivity contribution in [1.82, 2.24) is 0 Å². The van der Waals surface area contributed by atoms with Gasteiger partial charge in [-0.2, -0.15) is 0 Å². The Hall–Kier alpha value is -1.16. The van der Waals surface area contributed by atoms with E-state index in [4.69, 9.17) is 0 Å². The summed E-state index contributed by atoms with van der Waals surface area (Å²) in [6, 6.07) is 20.1. The molecule has 0 radical (unpaired) electrons. The third-order valence-corrected chi connectivity index (χ3v) is 3.46. The second-order valence-corrected chi connectivity index (χ2v) is 4.32. The monoisotopic (exact) mass is 275 g/mol. The highest BCUT2D eigenvalue weighted by atomic mass is 32.1. The van der Waals surface area contributed by atoms with Crippen molar-refractivity contribution < 1.29 is 0 Å². The summed E-state index contributed by atoms with van der Waals surface area (Å²) in [5, 5.41) is 0. The quantitative estimate of drug-likeness (QED) is 0.561. The molecule has 0 atom stereocenters. The first-order valence-electron chi connectivity index (χ1n) is 5.60. The molecule has 3 heteroatoms. The van der Waals surface area contributed by atoms with Crippen molar-refractivity contribution in [2.45, 2.75) is 0 Å². The van der Waals surface area contributed by atoms with Crippen molar-refractivity contribution in [2.75, 3.05) is 7.05 Å². The second kappa shape index (κ2) is 8.03. The summed E-state index contributed by atoms with van der Waals surface area (Å²) < 4.78 is 0. The molecule has 2 rings (SSSR count). The molecule has 0 fully saturated rings. The minimum Gasteiger partial charge on any atom is -0.333 e. The fourth-order valence-electron chi connectivity index (χ4n) is 1.47. The molecule has 0 heterocycles. The SMILES string of the molecule is CN.S/C(=C(\S)c1ccccc1)c1ccccc1. The molecule has 0 unspecified atom stereocenters. The van der Waals surface area contributed by atoms with E-state index in [1.165, 1.54) is 7.05 Å². The molecule has 94 valence electrons. The van der Waals surface area contributed by atoms with Gasteiger partial charge in [-0.3, -0.25) is 0 Å². The molecule has 1 nitrogen and oxygen atoms in total. The van der Waals surface area contributed by atoms with Crippen LogP contribution in [0.25, 0.3) is 9.81 Å². The number of benzene rings is 2. The number of hydrogen-bond donors (Lipinski definition) is 3. The van der Waals surface area contributed by atoms with Gasteiger partial charge in [-0.15, -0.1) is 25.3 Å². The van der Waals surface area contributed by atoms with Gasteiger partial charge in [0.25, 0.3) is 0 Å². The number of nitrogens with two attached hydrogens (primary N) is 1. The molecule has 0 saturated heterocycles. The van der Waals surface area contributed by atoms with Crippen LogP contribution in [-0.2, 0) is 0 Å². The predicted molar refractivity (Wildman–Crippen MR) is 87.8 cm³/mol. The molecule has 0 aliphatic rings. The van der Waals surface area contributed by atoms with Crippen molar-refractivity contribution >= 4 is 35.1 Å². The van der Waals surface area contributed by atoms with Crippen molar-refractivity contribution in [3.8, 4) is 0 Å². The van der Waals surface area contributed by atoms with Gasteiger partial charge in [-0.05, 0) is 18.2 Å². The Morgan fingerprint density at radius 3 is 1.22 bits per heavy atom. The largest absolute Gasteiger partial charge is 0.333 e. The summed E-state index contributed by atoms with van der Waals surface area (Å²) in [6.45, 7) is 0. The molecule has 0 saturated carbocycles. The summed E-state index contributed by atoms with van der Waals surface area (Å²) in [5.74, 6) is 0. The maximum Gasteiger partial charge on any atom is 0.0253 e. The van der Waals surface area contributed by atoms with Crippen LogP contribution in [0.15, 0.2) is 60.7 Å². The van der Waals surface area contributed by atoms with Crippen LogP contribution in [0, 0.1) is 0 Å². The molecule has 18 heavy (non-hydrogen) atoms. The maximum atomic E-state index is 4.53. The molecular weight excluding hydrogens is 258 g/mol. The van der Waals surface area contributed by atoms with E-state index in [9.17, 15) is 0 Å². The van der Waals surface area contributed by atoms with Crippen LogP contribution in [-0.4, -0.2) is 7.05 Å². The summed E-state index contributed by atoms with van der Waals surface area (Å²) in [5.41, 5.74) is 6.67. The normalized spacial score (nSPS) is 11.1. The van der Waals surface area contributed by atoms with Crippen LogP contribution >= 0.6 is 25.3 Å². The van der Waals surface area contributed by atoms with Crippen LogP contribution in [0.4, 0.5) is 0 Å². The van der Waals surface area contributed by atoms with Gasteiger partial charge in [0.2, 0.25) is 0 Å². The van der Waals surface area contributed by atoms with Gasteiger partial charge >= 0.3 is 0 Å². The van der Waals surface area contributed by atoms with E-state index >= 15 is 0 Å². The Kier molecular flexibility index (Phi) is 6.65. The van der Waals surface area contributed by atoms with Gasteiger partial charge in [-0.1, -0.05) is 60.7 Å². The Morgan fingerprint density at radius 2 is 0.944 bits per heavy atom. The zero-order chi connectivity index (χ0) is 13.4. The highest BCUT2D eigenvalue weighted by molar-refractivity contribution is 7.96. The van der Waals surface area contributed by atoms with Gasteiger partial charge in [0, 0.05) is 9.81 Å². The second-order valence-electron chi connectivity index (χ2n) is 3.43. The van der Waals surface area contributed by atoms with Crippen LogP contribution in [0.3, 0.4) is 0 Å². The molecular formula is C15H17NS2. The van der Waals surface area contributed by atoms with Gasteiger partial charge in [-0.25, -0.2) is 0 Å². The smallest absolute Gasteiger partial charge is 0.0253 e. The number of rotatable bonds is 2. The number of hydrogen-bond acceptors (Lipinski definition) is 3. The third kappa shape index (κ3) is 3.95. The van der Waals surface area contributed by atoms with E-state index in [2.05, 4.69) is 31.0 Å². The average Bonchev–Trinajstić information content (AvgIpc) is 2.49. The molecule has 0 aliphatic heterocycles. The number of thiol groups is 2. The summed E-state index contributed by atoms with van der Waals surface area (Å²) >= 11 is 9.06. The zero-order valence-corrected chi connectivity index (χ0v) is 12.0. The van der Waals surface area contributed by atoms with Crippen LogP contribution in [0.5, 0.6) is 0 Å². The van der Waals surface area contributed by atoms with E-state index in [0.29, 0.717) is 0 Å². The average molecular weight is 275 g/mol. The van der Waals surface area contributed by atoms with E-state index in [1.807, 2.05) is 60.7 Å². The van der Waals surface area contributed by atoms with Crippen molar-refractivity contribution in [2.24, 2.45) is 5.73 Å². The lowest BCUT2D eigenvalue weighted by atomic mass is 10.1. The zero-order valence-electron chi connectivity index (χ0n) is 10.2. The Labute approximate surface area is 120 Å². The molecule has 2 N–H and O–H groups in total. The van der Waals surface area contributed by atoms with Crippen LogP contribution < -0.4 is 5.73 Å². The van der Waals surface area contributed by atoms with Gasteiger partial charge in [0.1, 0.15) is 0 Å². The van der Waals surface area contributed by atoms with Gasteiger partial charge in [0.05, 0.1) is 0 Å². The molecule has 0 amide bonds. The van der Waals surface area contributed by atoms with Crippen molar-refractivity contribution in [3.05, 3.63) is 71.8 Å². The van der Waals surface area contributed by atoms with E-state index in [0.717, 1.165) is 20.9 Å². The lowest BCUT2D eigenvalue weighted by Crippen LogP contribution is -1.81. The fourth-order valence-corrected chi connectivity index (χ4v) is 2.02. The summed E-state index contributed by atoms with van der Waals surface area (Å²) in [7, 11) is 1.50. The lowest BCUT2D eigenvalue weighted by molar-refractivity contribution is 1.48. The summed E-state index contributed by atoms with van der Waals surface area (Å²) in [4.78, 5) is 1.80. The maximum absolute atomic E-state index is 4.53. The Bertz CT molecular complexity index is 445. The van der Waals surface area contributed by atoms with E-state index in [1.54, 1.807) is 0 Å². The molecule has 0 aliphatic carbocycles. The first kappa shape index (κ1) is 14.9. The lowest BCUT2D eigenvalue weighted by Gasteiger charge is -2.06. The standard InChI is InChI=1S/C14H12S2.CH5N/c15-13(11-7-3-1-4-8-11)14(16)12-9-5-2-6-10-12;1-2/h1-10,15-16H;2H2,1H3/b14-13-;. The first-order chi connectivity index (χ1) is 8.79. The minimum absolute atomic E-state index is 0.898. The first-order valence-corrected chi connectivity index (χ1v) is 6.49. The van der Waals surface area contributed by atoms with Crippen molar-refractivity contribution in [1.29, 1.82) is 0 Å². The highest BCUT2D eigenvalue weighted by Gasteiger charge is 2.03. The molecule has 0 aromatic heterocycles. The predicted octanol–water partition coefficient (Wildman–Crippen LogP) is 3.95. The van der Waals surface area contributed by atoms with Gasteiger partial charge < -0.3 is 5.73 Å². The van der Waals surface area contributed by atoms with Crippen LogP contribution in [0.1, 0.15) is 11.1 Å². The Balaban J connectivity index is 0.000000771. The van der Waals surface area contributed by atoms with E-state index in [-0.39, 0.29) is 0 Å². The topological polar surface area (TPSA) is 26.0 Å². The van der Waals surface area contributed by atoms with Gasteiger partial charge in [0.15, 0.2) is 0 Å². The third-order valence-electron chi connectivity index (χ3n) is 2.32. The minimum atomic E-state index is 0.898. The molecule has 2 aromatic carbocycles. The highest BCUT2D eigenvalue weighted by Crippen LogP contribution is 2.31. The molecule has 2 aromatic rings. The molecule has 0 bridgehead atoms. The Morgan fingerprint density at radius 1 is 0.667 bits per heavy atom. The van der Waals surface area contributed by atoms with Crippen LogP contribution in [0.2, 0.25) is 0 Å². The molecule has 0 spiro atoms.